The van der Waals surface area contributed by atoms with Crippen LogP contribution in [0.15, 0.2) is 83.3 Å². The summed E-state index contributed by atoms with van der Waals surface area (Å²) in [5.41, 5.74) is 3.00. The van der Waals surface area contributed by atoms with Crippen LogP contribution in [0, 0.1) is 0 Å². The largest absolute Gasteiger partial charge is 0.376 e. The predicted molar refractivity (Wildman–Crippen MR) is 115 cm³/mol. The van der Waals surface area contributed by atoms with Gasteiger partial charge in [0.2, 0.25) is 5.91 Å². The number of carbonyl (C=O) groups is 2. The molecule has 142 valence electrons. The summed E-state index contributed by atoms with van der Waals surface area (Å²) in [6.45, 7) is 0.563. The van der Waals surface area contributed by atoms with Gasteiger partial charge in [-0.15, -0.1) is 0 Å². The molecule has 0 aromatic heterocycles. The van der Waals surface area contributed by atoms with Gasteiger partial charge in [-0.2, -0.15) is 0 Å². The summed E-state index contributed by atoms with van der Waals surface area (Å²) in [6.07, 6.45) is 0. The lowest BCUT2D eigenvalue weighted by Crippen LogP contribution is -2.23. The van der Waals surface area contributed by atoms with Crippen molar-refractivity contribution in [1.82, 2.24) is 5.32 Å². The molecule has 0 bridgehead atoms. The van der Waals surface area contributed by atoms with E-state index in [0.29, 0.717) is 17.8 Å². The van der Waals surface area contributed by atoms with Crippen molar-refractivity contribution >= 4 is 39.1 Å². The van der Waals surface area contributed by atoms with E-state index in [4.69, 9.17) is 0 Å². The highest BCUT2D eigenvalue weighted by Crippen LogP contribution is 2.16. The van der Waals surface area contributed by atoms with E-state index in [0.717, 1.165) is 15.7 Å². The number of rotatable bonds is 7. The van der Waals surface area contributed by atoms with Crippen LogP contribution in [0.25, 0.3) is 0 Å². The first kappa shape index (κ1) is 19.6. The third-order valence-electron chi connectivity index (χ3n) is 3.98. The first-order valence-corrected chi connectivity index (χ1v) is 9.61. The van der Waals surface area contributed by atoms with E-state index < -0.39 is 0 Å². The molecule has 3 rings (SSSR count). The predicted octanol–water partition coefficient (Wildman–Crippen LogP) is 4.43. The van der Waals surface area contributed by atoms with Crippen LogP contribution >= 0.6 is 15.9 Å². The maximum absolute atomic E-state index is 12.4. The maximum Gasteiger partial charge on any atom is 0.251 e. The Morgan fingerprint density at radius 3 is 2.36 bits per heavy atom. The van der Waals surface area contributed by atoms with E-state index in [1.165, 1.54) is 0 Å². The van der Waals surface area contributed by atoms with Gasteiger partial charge in [0.15, 0.2) is 0 Å². The average Bonchev–Trinajstić information content (AvgIpc) is 2.71. The van der Waals surface area contributed by atoms with Crippen LogP contribution in [0.4, 0.5) is 11.4 Å². The Morgan fingerprint density at radius 2 is 1.57 bits per heavy atom. The van der Waals surface area contributed by atoms with Crippen LogP contribution in [0.5, 0.6) is 0 Å². The monoisotopic (exact) mass is 437 g/mol. The summed E-state index contributed by atoms with van der Waals surface area (Å²) >= 11 is 3.37. The molecule has 0 aliphatic carbocycles. The number of nitrogens with one attached hydrogen (secondary N) is 3. The zero-order valence-corrected chi connectivity index (χ0v) is 16.7. The highest BCUT2D eigenvalue weighted by Gasteiger charge is 2.07. The molecule has 3 aromatic carbocycles. The van der Waals surface area contributed by atoms with Gasteiger partial charge in [0.1, 0.15) is 0 Å². The number of benzene rings is 3. The second kappa shape index (κ2) is 9.71. The first-order chi connectivity index (χ1) is 13.6. The standard InChI is InChI=1S/C22H20BrN3O2/c23-18-9-5-11-20(13-18)26-21(27)15-24-19-10-4-8-17(12-19)22(28)25-14-16-6-2-1-3-7-16/h1-13,24H,14-15H2,(H,25,28)(H,26,27). The topological polar surface area (TPSA) is 70.2 Å². The Morgan fingerprint density at radius 1 is 0.821 bits per heavy atom. The summed E-state index contributed by atoms with van der Waals surface area (Å²) in [4.78, 5) is 24.5. The Balaban J connectivity index is 1.52. The van der Waals surface area contributed by atoms with Crippen LogP contribution in [-0.2, 0) is 11.3 Å². The third-order valence-corrected chi connectivity index (χ3v) is 4.48. The maximum atomic E-state index is 12.4. The van der Waals surface area contributed by atoms with Crippen molar-refractivity contribution in [3.63, 3.8) is 0 Å². The smallest absolute Gasteiger partial charge is 0.251 e. The highest BCUT2D eigenvalue weighted by atomic mass is 79.9. The van der Waals surface area contributed by atoms with Crippen molar-refractivity contribution < 1.29 is 9.59 Å². The van der Waals surface area contributed by atoms with E-state index in [1.54, 1.807) is 18.2 Å². The lowest BCUT2D eigenvalue weighted by Gasteiger charge is -2.10. The van der Waals surface area contributed by atoms with Gasteiger partial charge in [-0.05, 0) is 42.0 Å². The third kappa shape index (κ3) is 5.96. The highest BCUT2D eigenvalue weighted by molar-refractivity contribution is 9.10. The second-order valence-electron chi connectivity index (χ2n) is 6.16. The van der Waals surface area contributed by atoms with E-state index in [1.807, 2.05) is 60.7 Å². The minimum Gasteiger partial charge on any atom is -0.376 e. The molecule has 0 aliphatic heterocycles. The van der Waals surface area contributed by atoms with Crippen molar-refractivity contribution in [3.8, 4) is 0 Å². The van der Waals surface area contributed by atoms with E-state index in [2.05, 4.69) is 31.9 Å². The van der Waals surface area contributed by atoms with Crippen LogP contribution in [-0.4, -0.2) is 18.4 Å². The van der Waals surface area contributed by atoms with Gasteiger partial charge < -0.3 is 16.0 Å². The van der Waals surface area contributed by atoms with Crippen molar-refractivity contribution in [1.29, 1.82) is 0 Å². The minimum atomic E-state index is -0.169. The molecular weight excluding hydrogens is 418 g/mol. The fourth-order valence-corrected chi connectivity index (χ4v) is 3.00. The number of hydrogen-bond donors (Lipinski definition) is 3. The lowest BCUT2D eigenvalue weighted by molar-refractivity contribution is -0.114. The molecule has 0 aliphatic rings. The molecule has 0 atom stereocenters. The molecule has 0 saturated heterocycles. The first-order valence-electron chi connectivity index (χ1n) is 8.81. The molecule has 0 fully saturated rings. The SMILES string of the molecule is O=C(CNc1cccc(C(=O)NCc2ccccc2)c1)Nc1cccc(Br)c1. The molecule has 0 heterocycles. The normalized spacial score (nSPS) is 10.2. The number of hydrogen-bond acceptors (Lipinski definition) is 3. The van der Waals surface area contributed by atoms with Crippen LogP contribution in [0.2, 0.25) is 0 Å². The van der Waals surface area contributed by atoms with Crippen LogP contribution in [0.3, 0.4) is 0 Å². The van der Waals surface area contributed by atoms with Gasteiger partial charge in [-0.3, -0.25) is 9.59 Å². The molecule has 0 radical (unpaired) electrons. The van der Waals surface area contributed by atoms with Gasteiger partial charge in [0, 0.05) is 28.0 Å². The molecule has 3 aromatic rings. The Hall–Kier alpha value is -3.12. The van der Waals surface area contributed by atoms with Gasteiger partial charge in [0.05, 0.1) is 6.54 Å². The molecule has 2 amide bonds. The number of carbonyl (C=O) groups excluding carboxylic acids is 2. The van der Waals surface area contributed by atoms with Gasteiger partial charge in [-0.1, -0.05) is 58.4 Å². The Bertz CT molecular complexity index is 961. The zero-order valence-electron chi connectivity index (χ0n) is 15.1. The molecule has 0 spiro atoms. The summed E-state index contributed by atoms with van der Waals surface area (Å²) < 4.78 is 0.896. The summed E-state index contributed by atoms with van der Waals surface area (Å²) in [6, 6.07) is 24.2. The molecule has 6 heteroatoms. The van der Waals surface area contributed by atoms with Crippen molar-refractivity contribution in [3.05, 3.63) is 94.5 Å². The van der Waals surface area contributed by atoms with Crippen LogP contribution in [0.1, 0.15) is 15.9 Å². The van der Waals surface area contributed by atoms with Gasteiger partial charge >= 0.3 is 0 Å². The summed E-state index contributed by atoms with van der Waals surface area (Å²) in [5.74, 6) is -0.330. The number of halogens is 1. The van der Waals surface area contributed by atoms with Gasteiger partial charge in [0.25, 0.3) is 5.91 Å². The molecule has 5 nitrogen and oxygen atoms in total. The molecular formula is C22H20BrN3O2. The van der Waals surface area contributed by atoms with Crippen molar-refractivity contribution in [2.75, 3.05) is 17.2 Å². The number of anilines is 2. The van der Waals surface area contributed by atoms with E-state index in [9.17, 15) is 9.59 Å². The van der Waals surface area contributed by atoms with Crippen molar-refractivity contribution in [2.24, 2.45) is 0 Å². The Labute approximate surface area is 172 Å². The van der Waals surface area contributed by atoms with E-state index in [-0.39, 0.29) is 18.4 Å². The summed E-state index contributed by atoms with van der Waals surface area (Å²) in [5, 5.41) is 8.76. The zero-order chi connectivity index (χ0) is 19.8. The molecule has 3 N–H and O–H groups in total. The van der Waals surface area contributed by atoms with Crippen LogP contribution < -0.4 is 16.0 Å². The second-order valence-corrected chi connectivity index (χ2v) is 7.08. The van der Waals surface area contributed by atoms with Crippen molar-refractivity contribution in [2.45, 2.75) is 6.54 Å². The number of amides is 2. The molecule has 0 unspecified atom stereocenters. The molecule has 0 saturated carbocycles. The van der Waals surface area contributed by atoms with E-state index >= 15 is 0 Å². The molecule has 28 heavy (non-hydrogen) atoms. The van der Waals surface area contributed by atoms with Gasteiger partial charge in [-0.25, -0.2) is 0 Å². The fraction of sp³-hybridized carbons (Fsp3) is 0.0909. The Kier molecular flexibility index (Phi) is 6.81. The fourth-order valence-electron chi connectivity index (χ4n) is 2.60. The lowest BCUT2D eigenvalue weighted by atomic mass is 10.1. The summed E-state index contributed by atoms with van der Waals surface area (Å²) in [7, 11) is 0. The quantitative estimate of drug-likeness (QED) is 0.511. The average molecular weight is 438 g/mol. The minimum absolute atomic E-state index is 0.0988.